The second-order valence-corrected chi connectivity index (χ2v) is 6.99. The molecule has 22 heavy (non-hydrogen) atoms. The molecule has 118 valence electrons. The molecule has 1 N–H and O–H groups in total. The highest BCUT2D eigenvalue weighted by atomic mass is 127. The summed E-state index contributed by atoms with van der Waals surface area (Å²) in [5.41, 5.74) is 3.11. The number of anilines is 1. The minimum absolute atomic E-state index is 0.0535. The molecule has 1 aromatic heterocycles. The van der Waals surface area contributed by atoms with Crippen molar-refractivity contribution in [3.05, 3.63) is 39.2 Å². The zero-order valence-corrected chi connectivity index (χ0v) is 16.0. The molecule has 0 saturated heterocycles. The van der Waals surface area contributed by atoms with E-state index in [1.165, 1.54) is 9.26 Å². The van der Waals surface area contributed by atoms with Crippen molar-refractivity contribution in [2.24, 2.45) is 0 Å². The van der Waals surface area contributed by atoms with Gasteiger partial charge in [0, 0.05) is 23.6 Å². The molecule has 1 aromatic carbocycles. The molecule has 0 bridgehead atoms. The number of nitrogens with zero attached hydrogens (tertiary/aromatic N) is 2. The Bertz CT molecular complexity index is 669. The molecular weight excluding hydrogens is 409 g/mol. The van der Waals surface area contributed by atoms with E-state index in [2.05, 4.69) is 39.9 Å². The van der Waals surface area contributed by atoms with Gasteiger partial charge in [0.15, 0.2) is 0 Å². The van der Waals surface area contributed by atoms with E-state index in [9.17, 15) is 4.79 Å². The zero-order valence-electron chi connectivity index (χ0n) is 13.0. The Labute approximate surface area is 149 Å². The lowest BCUT2D eigenvalue weighted by Crippen LogP contribution is -2.13. The van der Waals surface area contributed by atoms with Gasteiger partial charge in [0.2, 0.25) is 5.91 Å². The molecule has 0 aliphatic heterocycles. The van der Waals surface area contributed by atoms with Crippen molar-refractivity contribution < 1.29 is 4.79 Å². The minimum Gasteiger partial charge on any atom is -0.325 e. The molecule has 0 fully saturated rings. The summed E-state index contributed by atoms with van der Waals surface area (Å²) >= 11 is 3.95. The van der Waals surface area contributed by atoms with Crippen LogP contribution in [0.3, 0.4) is 0 Å². The lowest BCUT2D eigenvalue weighted by molar-refractivity contribution is -0.116. The fourth-order valence-electron chi connectivity index (χ4n) is 2.24. The molecule has 2 rings (SSSR count). The maximum atomic E-state index is 12.1. The monoisotopic (exact) mass is 429 g/mol. The van der Waals surface area contributed by atoms with Gasteiger partial charge >= 0.3 is 0 Å². The average Bonchev–Trinajstić information content (AvgIpc) is 2.75. The van der Waals surface area contributed by atoms with Crippen molar-refractivity contribution in [2.75, 3.05) is 11.6 Å². The molecule has 0 saturated carbocycles. The molecule has 0 aliphatic carbocycles. The summed E-state index contributed by atoms with van der Waals surface area (Å²) in [6.07, 6.45) is 3.29. The van der Waals surface area contributed by atoms with Gasteiger partial charge in [0.1, 0.15) is 0 Å². The van der Waals surface area contributed by atoms with Gasteiger partial charge in [0.25, 0.3) is 0 Å². The van der Waals surface area contributed by atoms with Crippen LogP contribution in [0, 0.1) is 17.4 Å². The number of halogens is 1. The van der Waals surface area contributed by atoms with Gasteiger partial charge in [-0.25, -0.2) is 0 Å². The topological polar surface area (TPSA) is 46.9 Å². The first-order valence-corrected chi connectivity index (χ1v) is 9.45. The highest BCUT2D eigenvalue weighted by Gasteiger charge is 2.10. The molecule has 0 spiro atoms. The zero-order chi connectivity index (χ0) is 16.1. The van der Waals surface area contributed by atoms with Gasteiger partial charge in [-0.15, -0.1) is 11.8 Å². The number of thioether (sulfide) groups is 1. The molecule has 1 heterocycles. The van der Waals surface area contributed by atoms with E-state index in [0.29, 0.717) is 6.42 Å². The van der Waals surface area contributed by atoms with Crippen molar-refractivity contribution in [3.63, 3.8) is 0 Å². The third kappa shape index (κ3) is 4.25. The summed E-state index contributed by atoms with van der Waals surface area (Å²) in [7, 11) is 0. The number of carbonyl (C=O) groups excluding carboxylic acids is 1. The second kappa shape index (κ2) is 8.01. The van der Waals surface area contributed by atoms with Crippen LogP contribution >= 0.6 is 34.4 Å². The number of benzene rings is 1. The molecule has 4 nitrogen and oxygen atoms in total. The number of hydrogen-bond donors (Lipinski definition) is 1. The first-order chi connectivity index (χ1) is 10.5. The third-order valence-corrected chi connectivity index (χ3v) is 5.81. The number of rotatable bonds is 6. The number of amides is 1. The predicted molar refractivity (Wildman–Crippen MR) is 101 cm³/mol. The Kier molecular flexibility index (Phi) is 6.31. The van der Waals surface area contributed by atoms with Gasteiger partial charge in [-0.2, -0.15) is 5.10 Å². The lowest BCUT2D eigenvalue weighted by Gasteiger charge is -2.09. The molecule has 0 aliphatic rings. The Balaban J connectivity index is 1.87. The molecule has 0 radical (unpaired) electrons. The number of carbonyl (C=O) groups is 1. The number of hydrogen-bond acceptors (Lipinski definition) is 3. The SMILES string of the molecule is CSc1ccccc1NC(=O)CCCn1nc(C)c(I)c1C. The summed E-state index contributed by atoms with van der Waals surface area (Å²) in [6, 6.07) is 7.87. The van der Waals surface area contributed by atoms with Crippen LogP contribution in [0.4, 0.5) is 5.69 Å². The predicted octanol–water partition coefficient (Wildman–Crippen LogP) is 4.25. The van der Waals surface area contributed by atoms with Crippen molar-refractivity contribution in [2.45, 2.75) is 38.1 Å². The maximum absolute atomic E-state index is 12.1. The maximum Gasteiger partial charge on any atom is 0.224 e. The Morgan fingerprint density at radius 3 is 2.73 bits per heavy atom. The van der Waals surface area contributed by atoms with Crippen LogP contribution in [0.15, 0.2) is 29.2 Å². The fraction of sp³-hybridized carbons (Fsp3) is 0.375. The summed E-state index contributed by atoms with van der Waals surface area (Å²) in [5, 5.41) is 7.48. The highest BCUT2D eigenvalue weighted by molar-refractivity contribution is 14.1. The van der Waals surface area contributed by atoms with E-state index in [4.69, 9.17) is 0 Å². The molecule has 2 aromatic rings. The first-order valence-electron chi connectivity index (χ1n) is 7.15. The summed E-state index contributed by atoms with van der Waals surface area (Å²) in [5.74, 6) is 0.0535. The van der Waals surface area contributed by atoms with Gasteiger partial charge in [-0.1, -0.05) is 12.1 Å². The highest BCUT2D eigenvalue weighted by Crippen LogP contribution is 2.24. The van der Waals surface area contributed by atoms with Crippen molar-refractivity contribution in [1.82, 2.24) is 9.78 Å². The molecule has 0 unspecified atom stereocenters. The number of aromatic nitrogens is 2. The van der Waals surface area contributed by atoms with Crippen LogP contribution in [0.1, 0.15) is 24.2 Å². The van der Waals surface area contributed by atoms with Gasteiger partial charge in [0.05, 0.1) is 15.0 Å². The van der Waals surface area contributed by atoms with Gasteiger partial charge in [-0.05, 0) is 61.2 Å². The molecular formula is C16H20IN3OS. The molecule has 0 atom stereocenters. The third-order valence-electron chi connectivity index (χ3n) is 3.45. The number of aryl methyl sites for hydroxylation is 2. The Hall–Kier alpha value is -1.02. The second-order valence-electron chi connectivity index (χ2n) is 5.06. The fourth-order valence-corrected chi connectivity index (χ4v) is 3.18. The lowest BCUT2D eigenvalue weighted by atomic mass is 10.2. The van der Waals surface area contributed by atoms with E-state index in [1.54, 1.807) is 11.8 Å². The summed E-state index contributed by atoms with van der Waals surface area (Å²) in [4.78, 5) is 13.2. The van der Waals surface area contributed by atoms with E-state index in [1.807, 2.05) is 42.1 Å². The van der Waals surface area contributed by atoms with E-state index >= 15 is 0 Å². The Morgan fingerprint density at radius 1 is 1.36 bits per heavy atom. The van der Waals surface area contributed by atoms with Crippen LogP contribution in [0.2, 0.25) is 0 Å². The van der Waals surface area contributed by atoms with Gasteiger partial charge < -0.3 is 5.32 Å². The van der Waals surface area contributed by atoms with Crippen molar-refractivity contribution >= 4 is 45.9 Å². The van der Waals surface area contributed by atoms with Gasteiger partial charge in [-0.3, -0.25) is 9.48 Å². The number of para-hydroxylation sites is 1. The van der Waals surface area contributed by atoms with Crippen LogP contribution in [0.25, 0.3) is 0 Å². The number of nitrogens with one attached hydrogen (secondary N) is 1. The van der Waals surface area contributed by atoms with Crippen molar-refractivity contribution in [1.29, 1.82) is 0 Å². The normalized spacial score (nSPS) is 10.7. The first kappa shape index (κ1) is 17.3. The van der Waals surface area contributed by atoms with Crippen LogP contribution in [-0.2, 0) is 11.3 Å². The smallest absolute Gasteiger partial charge is 0.224 e. The average molecular weight is 429 g/mol. The standard InChI is InChI=1S/C16H20IN3OS/c1-11-16(17)12(2)20(19-11)10-6-9-15(21)18-13-7-4-5-8-14(13)22-3/h4-5,7-8H,6,9-10H2,1-3H3,(H,18,21). The van der Waals surface area contributed by atoms with Crippen LogP contribution in [-0.4, -0.2) is 21.9 Å². The Morgan fingerprint density at radius 2 is 2.09 bits per heavy atom. The van der Waals surface area contributed by atoms with E-state index in [-0.39, 0.29) is 5.91 Å². The summed E-state index contributed by atoms with van der Waals surface area (Å²) in [6.45, 7) is 4.85. The quantitative estimate of drug-likeness (QED) is 0.552. The molecule has 6 heteroatoms. The summed E-state index contributed by atoms with van der Waals surface area (Å²) < 4.78 is 3.19. The van der Waals surface area contributed by atoms with Crippen LogP contribution < -0.4 is 5.32 Å². The largest absolute Gasteiger partial charge is 0.325 e. The van der Waals surface area contributed by atoms with E-state index in [0.717, 1.165) is 29.2 Å². The van der Waals surface area contributed by atoms with Crippen LogP contribution in [0.5, 0.6) is 0 Å². The molecule has 1 amide bonds. The van der Waals surface area contributed by atoms with E-state index < -0.39 is 0 Å². The van der Waals surface area contributed by atoms with Crippen molar-refractivity contribution in [3.8, 4) is 0 Å². The minimum atomic E-state index is 0.0535.